The van der Waals surface area contributed by atoms with Crippen LogP contribution >= 0.6 is 0 Å². The van der Waals surface area contributed by atoms with Crippen LogP contribution in [-0.2, 0) is 6.18 Å². The number of nitro groups is 1. The highest BCUT2D eigenvalue weighted by atomic mass is 19.4. The van der Waals surface area contributed by atoms with Crippen LogP contribution < -0.4 is 5.32 Å². The first-order valence-electron chi connectivity index (χ1n) is 5.55. The number of alkyl halides is 3. The summed E-state index contributed by atoms with van der Waals surface area (Å²) in [5.74, 6) is 0. The average molecular weight is 282 g/mol. The standard InChI is InChI=1S/C13H9F3N2O2/c14-13(15,16)9-1-3-10(4-2-9)17-11-5-7-12(8-6-11)18(19)20/h1-8,17H. The van der Waals surface area contributed by atoms with Crippen LogP contribution in [0.5, 0.6) is 0 Å². The molecule has 0 heterocycles. The molecule has 0 aromatic heterocycles. The minimum absolute atomic E-state index is 0.0528. The highest BCUT2D eigenvalue weighted by Gasteiger charge is 2.29. The monoisotopic (exact) mass is 282 g/mol. The van der Waals surface area contributed by atoms with E-state index in [2.05, 4.69) is 5.32 Å². The molecule has 4 nitrogen and oxygen atoms in total. The number of anilines is 2. The second-order valence-electron chi connectivity index (χ2n) is 4.00. The highest BCUT2D eigenvalue weighted by Crippen LogP contribution is 2.30. The lowest BCUT2D eigenvalue weighted by Gasteiger charge is -2.09. The van der Waals surface area contributed by atoms with Gasteiger partial charge in [-0.1, -0.05) is 0 Å². The Kier molecular flexibility index (Phi) is 3.60. The first-order valence-corrected chi connectivity index (χ1v) is 5.55. The van der Waals surface area contributed by atoms with E-state index in [0.29, 0.717) is 11.4 Å². The molecule has 0 radical (unpaired) electrons. The highest BCUT2D eigenvalue weighted by molar-refractivity contribution is 5.61. The fourth-order valence-corrected chi connectivity index (χ4v) is 1.58. The van der Waals surface area contributed by atoms with Crippen molar-refractivity contribution in [3.05, 3.63) is 64.2 Å². The van der Waals surface area contributed by atoms with E-state index in [9.17, 15) is 23.3 Å². The Labute approximate surface area is 112 Å². The van der Waals surface area contributed by atoms with Gasteiger partial charge in [0.05, 0.1) is 10.5 Å². The molecular formula is C13H9F3N2O2. The molecule has 0 amide bonds. The fourth-order valence-electron chi connectivity index (χ4n) is 1.58. The molecule has 0 fully saturated rings. The van der Waals surface area contributed by atoms with E-state index in [1.807, 2.05) is 0 Å². The third-order valence-electron chi connectivity index (χ3n) is 2.58. The van der Waals surface area contributed by atoms with Crippen molar-refractivity contribution in [1.82, 2.24) is 0 Å². The van der Waals surface area contributed by atoms with E-state index in [0.717, 1.165) is 12.1 Å². The number of benzene rings is 2. The smallest absolute Gasteiger partial charge is 0.356 e. The van der Waals surface area contributed by atoms with Gasteiger partial charge >= 0.3 is 6.18 Å². The molecular weight excluding hydrogens is 273 g/mol. The van der Waals surface area contributed by atoms with Gasteiger partial charge in [-0.25, -0.2) is 0 Å². The van der Waals surface area contributed by atoms with Crippen molar-refractivity contribution in [2.45, 2.75) is 6.18 Å². The fraction of sp³-hybridized carbons (Fsp3) is 0.0769. The van der Waals surface area contributed by atoms with Crippen LogP contribution in [0.15, 0.2) is 48.5 Å². The minimum Gasteiger partial charge on any atom is -0.356 e. The van der Waals surface area contributed by atoms with Crippen molar-refractivity contribution in [1.29, 1.82) is 0 Å². The van der Waals surface area contributed by atoms with Gasteiger partial charge in [0.1, 0.15) is 0 Å². The summed E-state index contributed by atoms with van der Waals surface area (Å²) in [4.78, 5) is 9.95. The molecule has 0 aliphatic carbocycles. The lowest BCUT2D eigenvalue weighted by molar-refractivity contribution is -0.384. The first kappa shape index (κ1) is 13.9. The van der Waals surface area contributed by atoms with Crippen LogP contribution in [0.1, 0.15) is 5.56 Å². The Bertz CT molecular complexity index is 607. The van der Waals surface area contributed by atoms with Gasteiger partial charge in [0.15, 0.2) is 0 Å². The molecule has 0 aliphatic heterocycles. The number of nitrogens with zero attached hydrogens (tertiary/aromatic N) is 1. The lowest BCUT2D eigenvalue weighted by atomic mass is 10.2. The van der Waals surface area contributed by atoms with E-state index in [1.165, 1.54) is 36.4 Å². The largest absolute Gasteiger partial charge is 0.416 e. The normalized spacial score (nSPS) is 11.2. The number of hydrogen-bond donors (Lipinski definition) is 1. The summed E-state index contributed by atoms with van der Waals surface area (Å²) in [7, 11) is 0. The van der Waals surface area contributed by atoms with Crippen molar-refractivity contribution in [2.24, 2.45) is 0 Å². The summed E-state index contributed by atoms with van der Waals surface area (Å²) < 4.78 is 37.1. The first-order chi connectivity index (χ1) is 9.36. The lowest BCUT2D eigenvalue weighted by Crippen LogP contribution is -2.04. The maximum absolute atomic E-state index is 12.4. The zero-order chi connectivity index (χ0) is 14.8. The van der Waals surface area contributed by atoms with E-state index in [-0.39, 0.29) is 5.69 Å². The molecule has 20 heavy (non-hydrogen) atoms. The molecule has 0 bridgehead atoms. The summed E-state index contributed by atoms with van der Waals surface area (Å²) >= 11 is 0. The maximum atomic E-state index is 12.4. The predicted octanol–water partition coefficient (Wildman–Crippen LogP) is 4.36. The van der Waals surface area contributed by atoms with E-state index >= 15 is 0 Å². The topological polar surface area (TPSA) is 55.2 Å². The molecule has 0 atom stereocenters. The van der Waals surface area contributed by atoms with Crippen molar-refractivity contribution in [3.63, 3.8) is 0 Å². The van der Waals surface area contributed by atoms with Gasteiger partial charge in [-0.2, -0.15) is 13.2 Å². The number of hydrogen-bond acceptors (Lipinski definition) is 3. The summed E-state index contributed by atoms with van der Waals surface area (Å²) in [6, 6.07) is 10.1. The Morgan fingerprint density at radius 3 is 1.75 bits per heavy atom. The van der Waals surface area contributed by atoms with Crippen LogP contribution in [0.3, 0.4) is 0 Å². The molecule has 7 heteroatoms. The molecule has 2 aromatic carbocycles. The molecule has 0 aliphatic rings. The van der Waals surface area contributed by atoms with Gasteiger partial charge in [0.25, 0.3) is 5.69 Å². The number of halogens is 3. The second kappa shape index (κ2) is 5.20. The minimum atomic E-state index is -4.37. The third kappa shape index (κ3) is 3.25. The summed E-state index contributed by atoms with van der Waals surface area (Å²) in [5.41, 5.74) is 0.233. The molecule has 0 spiro atoms. The van der Waals surface area contributed by atoms with Crippen molar-refractivity contribution >= 4 is 17.1 Å². The Morgan fingerprint density at radius 1 is 0.900 bits per heavy atom. The van der Waals surface area contributed by atoms with Crippen LogP contribution in [0.2, 0.25) is 0 Å². The van der Waals surface area contributed by atoms with Gasteiger partial charge < -0.3 is 5.32 Å². The van der Waals surface area contributed by atoms with Crippen LogP contribution in [0, 0.1) is 10.1 Å². The van der Waals surface area contributed by atoms with E-state index in [4.69, 9.17) is 0 Å². The third-order valence-corrected chi connectivity index (χ3v) is 2.58. The summed E-state index contributed by atoms with van der Waals surface area (Å²) in [6.45, 7) is 0. The molecule has 104 valence electrons. The summed E-state index contributed by atoms with van der Waals surface area (Å²) in [5, 5.41) is 13.3. The Hall–Kier alpha value is -2.57. The number of rotatable bonds is 3. The van der Waals surface area contributed by atoms with Gasteiger partial charge in [-0.3, -0.25) is 10.1 Å². The Morgan fingerprint density at radius 2 is 1.35 bits per heavy atom. The number of non-ortho nitro benzene ring substituents is 1. The second-order valence-corrected chi connectivity index (χ2v) is 4.00. The predicted molar refractivity (Wildman–Crippen MR) is 67.8 cm³/mol. The number of nitro benzene ring substituents is 1. The van der Waals surface area contributed by atoms with Crippen LogP contribution in [0.25, 0.3) is 0 Å². The average Bonchev–Trinajstić information content (AvgIpc) is 2.39. The molecule has 0 saturated carbocycles. The quantitative estimate of drug-likeness (QED) is 0.672. The molecule has 2 aromatic rings. The van der Waals surface area contributed by atoms with Gasteiger partial charge in [0, 0.05) is 23.5 Å². The molecule has 1 N–H and O–H groups in total. The van der Waals surface area contributed by atoms with Crippen molar-refractivity contribution in [2.75, 3.05) is 5.32 Å². The van der Waals surface area contributed by atoms with E-state index in [1.54, 1.807) is 0 Å². The van der Waals surface area contributed by atoms with Crippen molar-refractivity contribution < 1.29 is 18.1 Å². The van der Waals surface area contributed by atoms with E-state index < -0.39 is 16.7 Å². The van der Waals surface area contributed by atoms with Gasteiger partial charge in [-0.15, -0.1) is 0 Å². The summed E-state index contributed by atoms with van der Waals surface area (Å²) in [6.07, 6.45) is -4.37. The molecule has 0 saturated heterocycles. The SMILES string of the molecule is O=[N+]([O-])c1ccc(Nc2ccc(C(F)(F)F)cc2)cc1. The van der Waals surface area contributed by atoms with Crippen molar-refractivity contribution in [3.8, 4) is 0 Å². The molecule has 0 unspecified atom stereocenters. The van der Waals surface area contributed by atoms with Gasteiger partial charge in [-0.05, 0) is 36.4 Å². The van der Waals surface area contributed by atoms with Crippen LogP contribution in [-0.4, -0.2) is 4.92 Å². The molecule has 2 rings (SSSR count). The Balaban J connectivity index is 2.12. The van der Waals surface area contributed by atoms with Crippen LogP contribution in [0.4, 0.5) is 30.2 Å². The zero-order valence-corrected chi connectivity index (χ0v) is 10.0. The van der Waals surface area contributed by atoms with Gasteiger partial charge in [0.2, 0.25) is 0 Å². The number of nitrogens with one attached hydrogen (secondary N) is 1. The maximum Gasteiger partial charge on any atom is 0.416 e. The zero-order valence-electron chi connectivity index (χ0n) is 10.0.